The predicted molar refractivity (Wildman–Crippen MR) is 65.9 cm³/mol. The van der Waals surface area contributed by atoms with Gasteiger partial charge in [-0.25, -0.2) is 4.79 Å². The van der Waals surface area contributed by atoms with Crippen molar-refractivity contribution in [1.82, 2.24) is 0 Å². The van der Waals surface area contributed by atoms with E-state index in [1.807, 2.05) is 6.92 Å². The molecule has 0 spiro atoms. The first-order valence-corrected chi connectivity index (χ1v) is 5.88. The fraction of sp³-hybridized carbons (Fsp3) is 0.615. The summed E-state index contributed by atoms with van der Waals surface area (Å²) in [6.07, 6.45) is 0.518. The lowest BCUT2D eigenvalue weighted by Crippen LogP contribution is -2.21. The van der Waals surface area contributed by atoms with E-state index in [9.17, 15) is 14.4 Å². The number of ether oxygens (including phenoxy) is 2. The first-order chi connectivity index (χ1) is 8.36. The number of Topliss-reactive ketones (excluding diaryl/α,β-unsaturated/α-hetero) is 1. The van der Waals surface area contributed by atoms with E-state index < -0.39 is 11.9 Å². The summed E-state index contributed by atoms with van der Waals surface area (Å²) in [6.45, 7) is 8.38. The molecule has 0 saturated carbocycles. The van der Waals surface area contributed by atoms with Gasteiger partial charge in [-0.1, -0.05) is 13.5 Å². The van der Waals surface area contributed by atoms with Crippen LogP contribution in [0.25, 0.3) is 0 Å². The van der Waals surface area contributed by atoms with Gasteiger partial charge in [0, 0.05) is 12.0 Å². The van der Waals surface area contributed by atoms with Gasteiger partial charge in [-0.05, 0) is 20.3 Å². The number of hydrogen-bond acceptors (Lipinski definition) is 5. The monoisotopic (exact) mass is 256 g/mol. The lowest BCUT2D eigenvalue weighted by molar-refractivity contribution is -0.148. The van der Waals surface area contributed by atoms with Crippen molar-refractivity contribution in [1.29, 1.82) is 0 Å². The molecule has 0 N–H and O–H groups in total. The highest BCUT2D eigenvalue weighted by molar-refractivity contribution is 5.94. The van der Waals surface area contributed by atoms with Gasteiger partial charge in [0.1, 0.15) is 18.3 Å². The van der Waals surface area contributed by atoms with Crippen molar-refractivity contribution < 1.29 is 23.9 Å². The van der Waals surface area contributed by atoms with Crippen molar-refractivity contribution in [2.75, 3.05) is 6.61 Å². The first-order valence-electron chi connectivity index (χ1n) is 5.88. The van der Waals surface area contributed by atoms with E-state index >= 15 is 0 Å². The maximum absolute atomic E-state index is 11.3. The Morgan fingerprint density at radius 2 is 1.83 bits per heavy atom. The first kappa shape index (κ1) is 16.4. The molecule has 1 atom stereocenters. The highest BCUT2D eigenvalue weighted by Crippen LogP contribution is 2.07. The molecule has 0 aliphatic rings. The average molecular weight is 256 g/mol. The van der Waals surface area contributed by atoms with Gasteiger partial charge in [0.2, 0.25) is 0 Å². The maximum atomic E-state index is 11.3. The lowest BCUT2D eigenvalue weighted by atomic mass is 10.2. The molecule has 0 aromatic heterocycles. The zero-order chi connectivity index (χ0) is 14.1. The number of carbonyl (C=O) groups is 3. The Bertz CT molecular complexity index is 332. The van der Waals surface area contributed by atoms with Gasteiger partial charge in [-0.3, -0.25) is 9.59 Å². The zero-order valence-corrected chi connectivity index (χ0v) is 11.2. The van der Waals surface area contributed by atoms with Crippen LogP contribution in [0.3, 0.4) is 0 Å². The second-order valence-corrected chi connectivity index (χ2v) is 4.10. The minimum Gasteiger partial charge on any atom is -0.465 e. The molecule has 0 aromatic carbocycles. The Kier molecular flexibility index (Phi) is 7.67. The highest BCUT2D eigenvalue weighted by Gasteiger charge is 2.14. The topological polar surface area (TPSA) is 69.7 Å². The molecule has 0 bridgehead atoms. The van der Waals surface area contributed by atoms with E-state index in [1.54, 1.807) is 6.92 Å². The summed E-state index contributed by atoms with van der Waals surface area (Å²) >= 11 is 0. The Morgan fingerprint density at radius 1 is 1.22 bits per heavy atom. The Labute approximate surface area is 107 Å². The zero-order valence-electron chi connectivity index (χ0n) is 11.2. The Morgan fingerprint density at radius 3 is 2.28 bits per heavy atom. The predicted octanol–water partition coefficient (Wildman–Crippen LogP) is 1.80. The highest BCUT2D eigenvalue weighted by atomic mass is 16.6. The molecule has 1 unspecified atom stereocenters. The third kappa shape index (κ3) is 7.60. The van der Waals surface area contributed by atoms with Crippen molar-refractivity contribution in [3.63, 3.8) is 0 Å². The van der Waals surface area contributed by atoms with Crippen molar-refractivity contribution in [3.8, 4) is 0 Å². The van der Waals surface area contributed by atoms with Crippen LogP contribution >= 0.6 is 0 Å². The number of rotatable bonds is 8. The van der Waals surface area contributed by atoms with Crippen LogP contribution in [0.5, 0.6) is 0 Å². The maximum Gasteiger partial charge on any atom is 0.333 e. The van der Waals surface area contributed by atoms with Gasteiger partial charge < -0.3 is 9.47 Å². The summed E-state index contributed by atoms with van der Waals surface area (Å²) in [5.74, 6) is -1.23. The fourth-order valence-corrected chi connectivity index (χ4v) is 1.16. The van der Waals surface area contributed by atoms with Crippen LogP contribution in [-0.4, -0.2) is 30.4 Å². The molecular formula is C13H20O5. The molecule has 0 radical (unpaired) electrons. The van der Waals surface area contributed by atoms with Crippen molar-refractivity contribution in [2.45, 2.75) is 46.1 Å². The molecule has 5 nitrogen and oxygen atoms in total. The fourth-order valence-electron chi connectivity index (χ4n) is 1.16. The van der Waals surface area contributed by atoms with Gasteiger partial charge in [0.25, 0.3) is 0 Å². The van der Waals surface area contributed by atoms with Crippen LogP contribution in [0.2, 0.25) is 0 Å². The molecule has 0 heterocycles. The van der Waals surface area contributed by atoms with Gasteiger partial charge in [0.05, 0.1) is 6.61 Å². The smallest absolute Gasteiger partial charge is 0.333 e. The van der Waals surface area contributed by atoms with Crippen LogP contribution in [0.1, 0.15) is 40.0 Å². The Balaban J connectivity index is 3.94. The second-order valence-electron chi connectivity index (χ2n) is 4.10. The third-order valence-electron chi connectivity index (χ3n) is 2.17. The molecule has 0 saturated heterocycles. The summed E-state index contributed by atoms with van der Waals surface area (Å²) in [5.41, 5.74) is 0.335. The quantitative estimate of drug-likeness (QED) is 0.376. The average Bonchev–Trinajstić information content (AvgIpc) is 2.26. The van der Waals surface area contributed by atoms with Crippen LogP contribution in [0.15, 0.2) is 12.2 Å². The van der Waals surface area contributed by atoms with Gasteiger partial charge >= 0.3 is 11.9 Å². The summed E-state index contributed by atoms with van der Waals surface area (Å²) in [6, 6.07) is 0. The molecule has 0 amide bonds. The van der Waals surface area contributed by atoms with Crippen LogP contribution < -0.4 is 0 Å². The largest absolute Gasteiger partial charge is 0.465 e. The molecule has 0 fully saturated rings. The minimum atomic E-state index is -0.552. The van der Waals surface area contributed by atoms with E-state index in [-0.39, 0.29) is 24.9 Å². The van der Waals surface area contributed by atoms with Crippen LogP contribution in [0.4, 0.5) is 0 Å². The SMILES string of the molecule is C=C(C)C(=O)OC(CC)CCOC(=O)CC(C)=O. The molecule has 5 heteroatoms. The standard InChI is InChI=1S/C13H20O5/c1-5-11(18-13(16)9(2)3)6-7-17-12(15)8-10(4)14/h11H,2,5-8H2,1,3-4H3. The molecular weight excluding hydrogens is 236 g/mol. The van der Waals surface area contributed by atoms with E-state index in [0.29, 0.717) is 18.4 Å². The molecule has 0 aliphatic heterocycles. The summed E-state index contributed by atoms with van der Waals surface area (Å²) in [4.78, 5) is 33.0. The van der Waals surface area contributed by atoms with E-state index in [1.165, 1.54) is 6.92 Å². The lowest BCUT2D eigenvalue weighted by Gasteiger charge is -2.16. The van der Waals surface area contributed by atoms with Crippen molar-refractivity contribution >= 4 is 17.7 Å². The van der Waals surface area contributed by atoms with E-state index in [2.05, 4.69) is 6.58 Å². The van der Waals surface area contributed by atoms with Crippen molar-refractivity contribution in [2.24, 2.45) is 0 Å². The summed E-state index contributed by atoms with van der Waals surface area (Å²) in [7, 11) is 0. The van der Waals surface area contributed by atoms with E-state index in [0.717, 1.165) is 0 Å². The van der Waals surface area contributed by atoms with Crippen LogP contribution in [-0.2, 0) is 23.9 Å². The second kappa shape index (κ2) is 8.44. The van der Waals surface area contributed by atoms with Gasteiger partial charge in [-0.2, -0.15) is 0 Å². The molecule has 0 rings (SSSR count). The molecule has 102 valence electrons. The third-order valence-corrected chi connectivity index (χ3v) is 2.17. The normalized spacial score (nSPS) is 11.5. The van der Waals surface area contributed by atoms with Crippen molar-refractivity contribution in [3.05, 3.63) is 12.2 Å². The molecule has 0 aliphatic carbocycles. The Hall–Kier alpha value is -1.65. The molecule has 18 heavy (non-hydrogen) atoms. The van der Waals surface area contributed by atoms with Gasteiger partial charge in [0.15, 0.2) is 0 Å². The number of carbonyl (C=O) groups excluding carboxylic acids is 3. The summed E-state index contributed by atoms with van der Waals surface area (Å²) in [5, 5.41) is 0. The minimum absolute atomic E-state index is 0.133. The number of ketones is 1. The van der Waals surface area contributed by atoms with Crippen LogP contribution in [0, 0.1) is 0 Å². The number of esters is 2. The van der Waals surface area contributed by atoms with Gasteiger partial charge in [-0.15, -0.1) is 0 Å². The molecule has 0 aromatic rings. The number of hydrogen-bond donors (Lipinski definition) is 0. The van der Waals surface area contributed by atoms with E-state index in [4.69, 9.17) is 9.47 Å². The summed E-state index contributed by atoms with van der Waals surface area (Å²) < 4.78 is 9.98.